The van der Waals surface area contributed by atoms with Crippen LogP contribution >= 0.6 is 0 Å². The Labute approximate surface area is 136 Å². The molecular weight excluding hydrogens is 284 g/mol. The maximum atomic E-state index is 11.2. The van der Waals surface area contributed by atoms with Crippen molar-refractivity contribution in [2.24, 2.45) is 0 Å². The van der Waals surface area contributed by atoms with Crippen molar-refractivity contribution >= 4 is 22.4 Å². The summed E-state index contributed by atoms with van der Waals surface area (Å²) in [6.07, 6.45) is 1.61. The molecule has 1 heterocycles. The highest BCUT2D eigenvalue weighted by molar-refractivity contribution is 5.91. The minimum Gasteiger partial charge on any atom is -0.359 e. The molecule has 0 aliphatic carbocycles. The molecule has 0 fully saturated rings. The number of rotatable bonds is 4. The Balaban J connectivity index is 1.99. The van der Waals surface area contributed by atoms with Crippen molar-refractivity contribution in [2.45, 2.75) is 20.8 Å². The fourth-order valence-corrected chi connectivity index (χ4v) is 2.75. The molecule has 116 valence electrons. The highest BCUT2D eigenvalue weighted by Crippen LogP contribution is 2.29. The number of aryl methyl sites for hydroxylation is 1. The summed E-state index contributed by atoms with van der Waals surface area (Å²) in [6.45, 7) is 5.52. The van der Waals surface area contributed by atoms with Gasteiger partial charge < -0.3 is 10.3 Å². The number of hydrogen-bond acceptors (Lipinski definition) is 2. The van der Waals surface area contributed by atoms with Crippen molar-refractivity contribution in [2.75, 3.05) is 5.32 Å². The minimum absolute atomic E-state index is 0.0433. The van der Waals surface area contributed by atoms with E-state index in [1.165, 1.54) is 5.56 Å². The van der Waals surface area contributed by atoms with Crippen molar-refractivity contribution in [1.29, 1.82) is 0 Å². The van der Waals surface area contributed by atoms with Crippen LogP contribution < -0.4 is 5.32 Å². The van der Waals surface area contributed by atoms with Gasteiger partial charge in [-0.2, -0.15) is 0 Å². The van der Waals surface area contributed by atoms with E-state index in [9.17, 15) is 4.79 Å². The number of benzene rings is 2. The average molecular weight is 304 g/mol. The Hall–Kier alpha value is -2.81. The molecule has 2 aromatic carbocycles. The van der Waals surface area contributed by atoms with E-state index < -0.39 is 0 Å². The molecule has 0 aliphatic heterocycles. The monoisotopic (exact) mass is 304 g/mol. The molecule has 1 aromatic heterocycles. The van der Waals surface area contributed by atoms with E-state index >= 15 is 0 Å². The van der Waals surface area contributed by atoms with Crippen LogP contribution in [0.5, 0.6) is 0 Å². The van der Waals surface area contributed by atoms with Gasteiger partial charge in [0, 0.05) is 28.0 Å². The number of nitrogens with one attached hydrogen (secondary N) is 2. The van der Waals surface area contributed by atoms with Crippen LogP contribution in [0.1, 0.15) is 19.4 Å². The molecule has 2 N–H and O–H groups in total. The molecule has 3 aromatic rings. The lowest BCUT2D eigenvalue weighted by molar-refractivity contribution is -0.112. The molecule has 3 nitrogen and oxygen atoms in total. The first kappa shape index (κ1) is 15.1. The second-order valence-electron chi connectivity index (χ2n) is 5.87. The number of carbonyl (C=O) groups is 1. The number of anilines is 1. The van der Waals surface area contributed by atoms with E-state index in [1.807, 2.05) is 25.1 Å². The average Bonchev–Trinajstić information content (AvgIpc) is 2.90. The topological polar surface area (TPSA) is 44.9 Å². The maximum absolute atomic E-state index is 11.2. The normalized spacial score (nSPS) is 11.7. The van der Waals surface area contributed by atoms with Gasteiger partial charge in [0.15, 0.2) is 5.78 Å². The maximum Gasteiger partial charge on any atom is 0.154 e. The van der Waals surface area contributed by atoms with Gasteiger partial charge in [0.2, 0.25) is 0 Å². The predicted molar refractivity (Wildman–Crippen MR) is 96.5 cm³/mol. The summed E-state index contributed by atoms with van der Waals surface area (Å²) in [5.74, 6) is 0.0433. The van der Waals surface area contributed by atoms with Crippen LogP contribution in [0.25, 0.3) is 22.2 Å². The molecule has 23 heavy (non-hydrogen) atoms. The third kappa shape index (κ3) is 3.34. The summed E-state index contributed by atoms with van der Waals surface area (Å²) in [4.78, 5) is 14.6. The van der Waals surface area contributed by atoms with Gasteiger partial charge in [-0.05, 0) is 56.2 Å². The molecule has 0 atom stereocenters. The van der Waals surface area contributed by atoms with Gasteiger partial charge in [-0.1, -0.05) is 30.3 Å². The molecular formula is C20H20N2O. The SMILES string of the molecule is CC(=O)/C=C(/C)Nc1cc2cc(-c3ccccc3)[nH]c2cc1C. The second kappa shape index (κ2) is 6.13. The lowest BCUT2D eigenvalue weighted by Crippen LogP contribution is -1.99. The van der Waals surface area contributed by atoms with Crippen molar-refractivity contribution in [3.05, 3.63) is 65.9 Å². The zero-order chi connectivity index (χ0) is 16.4. The van der Waals surface area contributed by atoms with Crippen molar-refractivity contribution < 1.29 is 4.79 Å². The Morgan fingerprint density at radius 2 is 1.83 bits per heavy atom. The van der Waals surface area contributed by atoms with Crippen LogP contribution in [0.4, 0.5) is 5.69 Å². The van der Waals surface area contributed by atoms with Crippen LogP contribution in [-0.2, 0) is 4.79 Å². The minimum atomic E-state index is 0.0433. The first-order valence-electron chi connectivity index (χ1n) is 7.67. The molecule has 0 radical (unpaired) electrons. The molecule has 0 bridgehead atoms. The summed E-state index contributed by atoms with van der Waals surface area (Å²) in [6, 6.07) is 16.7. The highest BCUT2D eigenvalue weighted by atomic mass is 16.1. The quantitative estimate of drug-likeness (QED) is 0.663. The molecule has 3 rings (SSSR count). The zero-order valence-electron chi connectivity index (χ0n) is 13.6. The third-order valence-electron chi connectivity index (χ3n) is 3.80. The number of carbonyl (C=O) groups excluding carboxylic acids is 1. The number of hydrogen-bond donors (Lipinski definition) is 2. The van der Waals surface area contributed by atoms with Crippen molar-refractivity contribution in [1.82, 2.24) is 4.98 Å². The van der Waals surface area contributed by atoms with E-state index in [4.69, 9.17) is 0 Å². The number of allylic oxidation sites excluding steroid dienone is 2. The van der Waals surface area contributed by atoms with Crippen LogP contribution in [0, 0.1) is 6.92 Å². The van der Waals surface area contributed by atoms with Crippen molar-refractivity contribution in [3.63, 3.8) is 0 Å². The first-order valence-corrected chi connectivity index (χ1v) is 7.67. The van der Waals surface area contributed by atoms with Gasteiger partial charge >= 0.3 is 0 Å². The van der Waals surface area contributed by atoms with Gasteiger partial charge in [0.1, 0.15) is 0 Å². The molecule has 0 spiro atoms. The standard InChI is InChI=1S/C20H20N2O/c1-13-9-19-17(11-18(13)21-14(2)10-15(3)23)12-20(22-19)16-7-5-4-6-8-16/h4-12,21-22H,1-3H3/b14-10-. The van der Waals surface area contributed by atoms with E-state index in [0.29, 0.717) is 0 Å². The second-order valence-corrected chi connectivity index (χ2v) is 5.87. The van der Waals surface area contributed by atoms with E-state index in [1.54, 1.807) is 13.0 Å². The lowest BCUT2D eigenvalue weighted by atomic mass is 10.1. The fourth-order valence-electron chi connectivity index (χ4n) is 2.75. The lowest BCUT2D eigenvalue weighted by Gasteiger charge is -2.10. The van der Waals surface area contributed by atoms with Gasteiger partial charge in [-0.3, -0.25) is 4.79 Å². The summed E-state index contributed by atoms with van der Waals surface area (Å²) in [5, 5.41) is 4.45. The van der Waals surface area contributed by atoms with E-state index in [-0.39, 0.29) is 5.78 Å². The van der Waals surface area contributed by atoms with Gasteiger partial charge in [0.25, 0.3) is 0 Å². The largest absolute Gasteiger partial charge is 0.359 e. The van der Waals surface area contributed by atoms with Gasteiger partial charge in [-0.25, -0.2) is 0 Å². The van der Waals surface area contributed by atoms with Gasteiger partial charge in [-0.15, -0.1) is 0 Å². The molecule has 0 unspecified atom stereocenters. The Bertz CT molecular complexity index is 889. The fraction of sp³-hybridized carbons (Fsp3) is 0.150. The summed E-state index contributed by atoms with van der Waals surface area (Å²) in [5.41, 5.74) is 6.39. The molecule has 0 aliphatic rings. The third-order valence-corrected chi connectivity index (χ3v) is 3.80. The Morgan fingerprint density at radius 1 is 1.09 bits per heavy atom. The number of H-pyrrole nitrogens is 1. The Morgan fingerprint density at radius 3 is 2.52 bits per heavy atom. The Kier molecular flexibility index (Phi) is 4.02. The summed E-state index contributed by atoms with van der Waals surface area (Å²) < 4.78 is 0. The first-order chi connectivity index (χ1) is 11.0. The molecule has 0 saturated carbocycles. The van der Waals surface area contributed by atoms with Crippen LogP contribution in [0.15, 0.2) is 60.3 Å². The van der Waals surface area contributed by atoms with Crippen LogP contribution in [0.3, 0.4) is 0 Å². The summed E-state index contributed by atoms with van der Waals surface area (Å²) >= 11 is 0. The zero-order valence-corrected chi connectivity index (χ0v) is 13.6. The number of aromatic nitrogens is 1. The predicted octanol–water partition coefficient (Wildman–Crippen LogP) is 5.05. The molecule has 0 saturated heterocycles. The smallest absolute Gasteiger partial charge is 0.154 e. The van der Waals surface area contributed by atoms with Crippen molar-refractivity contribution in [3.8, 4) is 11.3 Å². The number of ketones is 1. The summed E-state index contributed by atoms with van der Waals surface area (Å²) in [7, 11) is 0. The molecule has 3 heteroatoms. The number of fused-ring (bicyclic) bond motifs is 1. The molecule has 0 amide bonds. The van der Waals surface area contributed by atoms with E-state index in [2.05, 4.69) is 47.6 Å². The van der Waals surface area contributed by atoms with Crippen LogP contribution in [-0.4, -0.2) is 10.8 Å². The highest BCUT2D eigenvalue weighted by Gasteiger charge is 2.07. The number of aromatic amines is 1. The van der Waals surface area contributed by atoms with E-state index in [0.717, 1.165) is 33.5 Å². The van der Waals surface area contributed by atoms with Gasteiger partial charge in [0.05, 0.1) is 0 Å². The van der Waals surface area contributed by atoms with Crippen LogP contribution in [0.2, 0.25) is 0 Å².